The van der Waals surface area contributed by atoms with E-state index in [0.717, 1.165) is 43.5 Å². The van der Waals surface area contributed by atoms with Crippen LogP contribution in [0.25, 0.3) is 0 Å². The maximum absolute atomic E-state index is 12.6. The fourth-order valence-electron chi connectivity index (χ4n) is 3.65. The highest BCUT2D eigenvalue weighted by Gasteiger charge is 2.49. The Kier molecular flexibility index (Phi) is 4.25. The Bertz CT molecular complexity index is 559. The summed E-state index contributed by atoms with van der Waals surface area (Å²) in [5, 5.41) is 3.34. The summed E-state index contributed by atoms with van der Waals surface area (Å²) in [6.07, 6.45) is 2.21. The summed E-state index contributed by atoms with van der Waals surface area (Å²) < 4.78 is 6.01. The third-order valence-corrected chi connectivity index (χ3v) is 5.38. The lowest BCUT2D eigenvalue weighted by molar-refractivity contribution is -0.135. The molecule has 4 nitrogen and oxygen atoms in total. The van der Waals surface area contributed by atoms with Gasteiger partial charge in [0.25, 0.3) is 0 Å². The maximum Gasteiger partial charge on any atom is 0.226 e. The van der Waals surface area contributed by atoms with Gasteiger partial charge in [-0.3, -0.25) is 4.79 Å². The average Bonchev–Trinajstić information content (AvgIpc) is 3.38. The van der Waals surface area contributed by atoms with E-state index in [4.69, 9.17) is 4.42 Å². The van der Waals surface area contributed by atoms with Gasteiger partial charge in [-0.25, -0.2) is 0 Å². The number of nitrogens with zero attached hydrogens (tertiary/aromatic N) is 1. The van der Waals surface area contributed by atoms with Crippen molar-refractivity contribution in [3.8, 4) is 0 Å². The molecule has 2 saturated carbocycles. The first-order valence-electron chi connectivity index (χ1n) is 8.26. The van der Waals surface area contributed by atoms with E-state index in [9.17, 15) is 4.79 Å². The van der Waals surface area contributed by atoms with Gasteiger partial charge >= 0.3 is 0 Å². The van der Waals surface area contributed by atoms with Gasteiger partial charge in [0.15, 0.2) is 0 Å². The number of nitrogens with one attached hydrogen (secondary N) is 1. The Morgan fingerprint density at radius 3 is 2.55 bits per heavy atom. The fraction of sp³-hybridized carbons (Fsp3) is 0.706. The van der Waals surface area contributed by atoms with Crippen LogP contribution in [-0.4, -0.2) is 36.5 Å². The molecule has 1 N–H and O–H groups in total. The van der Waals surface area contributed by atoms with E-state index in [1.165, 1.54) is 6.42 Å². The molecular formula is C17H25ClN2O2. The Morgan fingerprint density at radius 1 is 1.23 bits per heavy atom. The first-order chi connectivity index (χ1) is 10.1. The van der Waals surface area contributed by atoms with Gasteiger partial charge in [-0.15, -0.1) is 12.4 Å². The summed E-state index contributed by atoms with van der Waals surface area (Å²) in [6.45, 7) is 7.06. The summed E-state index contributed by atoms with van der Waals surface area (Å²) in [6, 6.07) is 4.53. The molecule has 2 heterocycles. The summed E-state index contributed by atoms with van der Waals surface area (Å²) in [5.74, 6) is 4.36. The Morgan fingerprint density at radius 2 is 1.91 bits per heavy atom. The zero-order valence-corrected chi connectivity index (χ0v) is 14.1. The third kappa shape index (κ3) is 2.79. The minimum atomic E-state index is 0. The second kappa shape index (κ2) is 5.89. The predicted molar refractivity (Wildman–Crippen MR) is 87.4 cm³/mol. The lowest BCUT2D eigenvalue weighted by Crippen LogP contribution is -2.52. The van der Waals surface area contributed by atoms with Crippen LogP contribution in [0.5, 0.6) is 0 Å². The van der Waals surface area contributed by atoms with Crippen molar-refractivity contribution in [3.05, 3.63) is 23.7 Å². The molecule has 4 unspecified atom stereocenters. The van der Waals surface area contributed by atoms with E-state index in [0.29, 0.717) is 23.8 Å². The van der Waals surface area contributed by atoms with Gasteiger partial charge in [0.2, 0.25) is 5.91 Å². The molecule has 122 valence electrons. The number of halogens is 1. The minimum absolute atomic E-state index is 0. The lowest BCUT2D eigenvalue weighted by atomic mass is 10.1. The van der Waals surface area contributed by atoms with Crippen molar-refractivity contribution in [2.24, 2.45) is 11.8 Å². The van der Waals surface area contributed by atoms with Crippen LogP contribution < -0.4 is 5.32 Å². The van der Waals surface area contributed by atoms with Gasteiger partial charge in [-0.1, -0.05) is 6.92 Å². The SMILES string of the molecule is CC1CC1c1ccc(C2CC2C(=O)N2CCNC[C@H]2C)o1.Cl. The molecule has 0 bridgehead atoms. The molecule has 1 saturated heterocycles. The molecule has 4 rings (SSSR count). The van der Waals surface area contributed by atoms with Gasteiger partial charge in [0, 0.05) is 43.4 Å². The molecular weight excluding hydrogens is 300 g/mol. The molecule has 1 amide bonds. The van der Waals surface area contributed by atoms with Gasteiger partial charge < -0.3 is 14.6 Å². The van der Waals surface area contributed by atoms with Crippen LogP contribution in [0.3, 0.4) is 0 Å². The number of amides is 1. The van der Waals surface area contributed by atoms with Crippen LogP contribution in [-0.2, 0) is 4.79 Å². The molecule has 5 heteroatoms. The highest BCUT2D eigenvalue weighted by atomic mass is 35.5. The molecule has 3 aliphatic rings. The highest BCUT2D eigenvalue weighted by molar-refractivity contribution is 5.85. The van der Waals surface area contributed by atoms with Crippen LogP contribution in [0, 0.1) is 11.8 Å². The molecule has 22 heavy (non-hydrogen) atoms. The summed E-state index contributed by atoms with van der Waals surface area (Å²) in [7, 11) is 0. The van der Waals surface area contributed by atoms with Crippen molar-refractivity contribution in [1.82, 2.24) is 10.2 Å². The molecule has 0 aromatic carbocycles. The third-order valence-electron chi connectivity index (χ3n) is 5.38. The van der Waals surface area contributed by atoms with Crippen molar-refractivity contribution in [3.63, 3.8) is 0 Å². The van der Waals surface area contributed by atoms with Crippen LogP contribution in [0.15, 0.2) is 16.5 Å². The standard InChI is InChI=1S/C17H24N2O2.ClH/c1-10-7-12(10)15-3-4-16(21-15)13-8-14(13)17(20)19-6-5-18-9-11(19)2;/h3-4,10-14,18H,5-9H2,1-2H3;1H/t10?,11-,12?,13?,14?;/m1./s1. The first-order valence-corrected chi connectivity index (χ1v) is 8.26. The van der Waals surface area contributed by atoms with Crippen LogP contribution in [0.2, 0.25) is 0 Å². The van der Waals surface area contributed by atoms with E-state index in [2.05, 4.69) is 31.3 Å². The minimum Gasteiger partial charge on any atom is -0.465 e. The lowest BCUT2D eigenvalue weighted by Gasteiger charge is -2.34. The molecule has 2 aliphatic carbocycles. The van der Waals surface area contributed by atoms with Crippen LogP contribution >= 0.6 is 12.4 Å². The van der Waals surface area contributed by atoms with Crippen LogP contribution in [0.1, 0.15) is 50.0 Å². The zero-order chi connectivity index (χ0) is 14.6. The number of carbonyl (C=O) groups is 1. The Hall–Kier alpha value is -1.00. The molecule has 1 aromatic heterocycles. The van der Waals surface area contributed by atoms with Crippen molar-refractivity contribution in [2.75, 3.05) is 19.6 Å². The van der Waals surface area contributed by atoms with Crippen molar-refractivity contribution in [2.45, 2.75) is 44.6 Å². The van der Waals surface area contributed by atoms with Gasteiger partial charge in [-0.2, -0.15) is 0 Å². The molecule has 0 spiro atoms. The zero-order valence-electron chi connectivity index (χ0n) is 13.2. The maximum atomic E-state index is 12.6. The van der Waals surface area contributed by atoms with Gasteiger partial charge in [-0.05, 0) is 37.8 Å². The first kappa shape index (κ1) is 15.9. The second-order valence-electron chi connectivity index (χ2n) is 7.09. The Labute approximate surface area is 138 Å². The predicted octanol–water partition coefficient (Wildman–Crippen LogP) is 2.75. The van der Waals surface area contributed by atoms with E-state index >= 15 is 0 Å². The van der Waals surface area contributed by atoms with Crippen molar-refractivity contribution in [1.29, 1.82) is 0 Å². The smallest absolute Gasteiger partial charge is 0.226 e. The second-order valence-corrected chi connectivity index (χ2v) is 7.09. The topological polar surface area (TPSA) is 45.5 Å². The van der Waals surface area contributed by atoms with E-state index in [1.54, 1.807) is 0 Å². The van der Waals surface area contributed by atoms with E-state index < -0.39 is 0 Å². The van der Waals surface area contributed by atoms with E-state index in [1.807, 2.05) is 4.90 Å². The summed E-state index contributed by atoms with van der Waals surface area (Å²) in [4.78, 5) is 14.7. The monoisotopic (exact) mass is 324 g/mol. The largest absolute Gasteiger partial charge is 0.465 e. The molecule has 3 fully saturated rings. The number of hydrogen-bond donors (Lipinski definition) is 1. The number of furan rings is 1. The number of carbonyl (C=O) groups excluding carboxylic acids is 1. The van der Waals surface area contributed by atoms with Crippen molar-refractivity contribution < 1.29 is 9.21 Å². The van der Waals surface area contributed by atoms with Gasteiger partial charge in [0.1, 0.15) is 11.5 Å². The number of hydrogen-bond acceptors (Lipinski definition) is 3. The summed E-state index contributed by atoms with van der Waals surface area (Å²) >= 11 is 0. The van der Waals surface area contributed by atoms with E-state index in [-0.39, 0.29) is 18.3 Å². The average molecular weight is 325 g/mol. The summed E-state index contributed by atoms with van der Waals surface area (Å²) in [5.41, 5.74) is 0. The number of piperazine rings is 1. The van der Waals surface area contributed by atoms with Crippen molar-refractivity contribution >= 4 is 18.3 Å². The molecule has 1 aromatic rings. The van der Waals surface area contributed by atoms with Gasteiger partial charge in [0.05, 0.1) is 0 Å². The molecule has 0 radical (unpaired) electrons. The fourth-order valence-corrected chi connectivity index (χ4v) is 3.65. The highest BCUT2D eigenvalue weighted by Crippen LogP contribution is 2.52. The number of rotatable bonds is 3. The quantitative estimate of drug-likeness (QED) is 0.930. The normalized spacial score (nSPS) is 36.6. The molecule has 5 atom stereocenters. The Balaban J connectivity index is 0.00000144. The molecule has 1 aliphatic heterocycles. The van der Waals surface area contributed by atoms with Crippen LogP contribution in [0.4, 0.5) is 0 Å².